The minimum atomic E-state index is -1.34. The van der Waals surface area contributed by atoms with E-state index in [1.165, 1.54) is 6.07 Å². The van der Waals surface area contributed by atoms with Gasteiger partial charge in [-0.25, -0.2) is 14.6 Å². The predicted molar refractivity (Wildman–Crippen MR) is 81.5 cm³/mol. The Morgan fingerprint density at radius 2 is 1.91 bits per heavy atom. The SMILES string of the molecule is O=C(Nc1cc(Cl)nc(Cl)c1C(=O)O)OCc1ccccc1. The van der Waals surface area contributed by atoms with Crippen molar-refractivity contribution in [1.82, 2.24) is 4.98 Å². The smallest absolute Gasteiger partial charge is 0.411 e. The van der Waals surface area contributed by atoms with Crippen molar-refractivity contribution in [3.63, 3.8) is 0 Å². The molecule has 1 aromatic heterocycles. The molecule has 1 aromatic carbocycles. The number of carboxylic acids is 1. The molecule has 0 radical (unpaired) electrons. The van der Waals surface area contributed by atoms with E-state index in [4.69, 9.17) is 33.0 Å². The summed E-state index contributed by atoms with van der Waals surface area (Å²) in [5, 5.41) is 11.0. The minimum Gasteiger partial charge on any atom is -0.478 e. The number of benzene rings is 1. The lowest BCUT2D eigenvalue weighted by Gasteiger charge is -2.10. The first-order valence-corrected chi connectivity index (χ1v) is 6.80. The van der Waals surface area contributed by atoms with Crippen LogP contribution in [0.15, 0.2) is 36.4 Å². The van der Waals surface area contributed by atoms with Crippen LogP contribution in [0.3, 0.4) is 0 Å². The van der Waals surface area contributed by atoms with Crippen molar-refractivity contribution in [3.8, 4) is 0 Å². The maximum atomic E-state index is 11.8. The number of hydrogen-bond acceptors (Lipinski definition) is 4. The first-order valence-electron chi connectivity index (χ1n) is 6.04. The van der Waals surface area contributed by atoms with Crippen LogP contribution in [-0.4, -0.2) is 22.2 Å². The van der Waals surface area contributed by atoms with Gasteiger partial charge in [0.15, 0.2) is 0 Å². The second kappa shape index (κ2) is 7.11. The van der Waals surface area contributed by atoms with E-state index < -0.39 is 12.1 Å². The third-order valence-electron chi connectivity index (χ3n) is 2.61. The van der Waals surface area contributed by atoms with Gasteiger partial charge in [-0.3, -0.25) is 5.32 Å². The predicted octanol–water partition coefficient (Wildman–Crippen LogP) is 3.84. The monoisotopic (exact) mass is 340 g/mol. The fourth-order valence-electron chi connectivity index (χ4n) is 1.66. The standard InChI is InChI=1S/C14H10Cl2N2O4/c15-10-6-9(11(13(19)20)12(16)18-10)17-14(21)22-7-8-4-2-1-3-5-8/h1-6H,7H2,(H,19,20)(H,17,18,21). The van der Waals surface area contributed by atoms with Gasteiger partial charge in [-0.1, -0.05) is 53.5 Å². The van der Waals surface area contributed by atoms with Gasteiger partial charge in [-0.05, 0) is 5.56 Å². The maximum Gasteiger partial charge on any atom is 0.411 e. The summed E-state index contributed by atoms with van der Waals surface area (Å²) in [6.45, 7) is 0.0433. The number of carbonyl (C=O) groups is 2. The van der Waals surface area contributed by atoms with Gasteiger partial charge in [0.2, 0.25) is 0 Å². The Bertz CT molecular complexity index is 707. The van der Waals surface area contributed by atoms with Gasteiger partial charge in [0.25, 0.3) is 0 Å². The number of anilines is 1. The van der Waals surface area contributed by atoms with E-state index in [0.717, 1.165) is 5.56 Å². The molecule has 0 aliphatic carbocycles. The molecule has 1 heterocycles. The summed E-state index contributed by atoms with van der Waals surface area (Å²) < 4.78 is 5.00. The van der Waals surface area contributed by atoms with Crippen LogP contribution in [-0.2, 0) is 11.3 Å². The maximum absolute atomic E-state index is 11.8. The summed E-state index contributed by atoms with van der Waals surface area (Å²) in [6, 6.07) is 10.2. The van der Waals surface area contributed by atoms with Crippen LogP contribution >= 0.6 is 23.2 Å². The number of nitrogens with zero attached hydrogens (tertiary/aromatic N) is 1. The zero-order valence-corrected chi connectivity index (χ0v) is 12.6. The summed E-state index contributed by atoms with van der Waals surface area (Å²) in [5.41, 5.74) is 0.347. The quantitative estimate of drug-likeness (QED) is 0.825. The zero-order valence-electron chi connectivity index (χ0n) is 11.0. The number of halogens is 2. The van der Waals surface area contributed by atoms with Gasteiger partial charge in [0.1, 0.15) is 22.5 Å². The van der Waals surface area contributed by atoms with Crippen LogP contribution in [0, 0.1) is 0 Å². The van der Waals surface area contributed by atoms with Crippen molar-refractivity contribution >= 4 is 41.0 Å². The Balaban J connectivity index is 2.10. The second-order valence-corrected chi connectivity index (χ2v) is 4.90. The average molecular weight is 341 g/mol. The number of ether oxygens (including phenoxy) is 1. The highest BCUT2D eigenvalue weighted by atomic mass is 35.5. The number of amides is 1. The molecule has 2 aromatic rings. The molecule has 0 aliphatic heterocycles. The van der Waals surface area contributed by atoms with Gasteiger partial charge in [0, 0.05) is 6.07 Å². The van der Waals surface area contributed by atoms with Crippen LogP contribution in [0.5, 0.6) is 0 Å². The number of rotatable bonds is 4. The van der Waals surface area contributed by atoms with Gasteiger partial charge in [0.05, 0.1) is 5.69 Å². The molecule has 8 heteroatoms. The fourth-order valence-corrected chi connectivity index (χ4v) is 2.17. The number of carbonyl (C=O) groups excluding carboxylic acids is 1. The molecule has 0 saturated heterocycles. The summed E-state index contributed by atoms with van der Waals surface area (Å²) >= 11 is 11.4. The van der Waals surface area contributed by atoms with E-state index in [1.54, 1.807) is 12.1 Å². The molecule has 0 spiro atoms. The molecule has 2 N–H and O–H groups in total. The van der Waals surface area contributed by atoms with E-state index >= 15 is 0 Å². The van der Waals surface area contributed by atoms with E-state index in [0.29, 0.717) is 0 Å². The van der Waals surface area contributed by atoms with E-state index in [2.05, 4.69) is 10.3 Å². The largest absolute Gasteiger partial charge is 0.478 e. The summed E-state index contributed by atoms with van der Waals surface area (Å²) in [4.78, 5) is 26.5. The first kappa shape index (κ1) is 16.1. The topological polar surface area (TPSA) is 88.5 Å². The van der Waals surface area contributed by atoms with Crippen LogP contribution in [0.25, 0.3) is 0 Å². The molecule has 6 nitrogen and oxygen atoms in total. The highest BCUT2D eigenvalue weighted by molar-refractivity contribution is 6.35. The molecule has 0 fully saturated rings. The Labute approximate surface area is 135 Å². The van der Waals surface area contributed by atoms with Crippen LogP contribution in [0.2, 0.25) is 10.3 Å². The third kappa shape index (κ3) is 4.09. The van der Waals surface area contributed by atoms with Crippen LogP contribution in [0.1, 0.15) is 15.9 Å². The molecule has 1 amide bonds. The molecule has 0 aliphatic rings. The van der Waals surface area contributed by atoms with Crippen LogP contribution in [0.4, 0.5) is 10.5 Å². The average Bonchev–Trinajstić information content (AvgIpc) is 2.45. The molecule has 114 valence electrons. The van der Waals surface area contributed by atoms with Crippen LogP contribution < -0.4 is 5.32 Å². The number of hydrogen-bond donors (Lipinski definition) is 2. The van der Waals surface area contributed by atoms with E-state index in [1.807, 2.05) is 18.2 Å². The van der Waals surface area contributed by atoms with Crippen molar-refractivity contribution in [1.29, 1.82) is 0 Å². The normalized spacial score (nSPS) is 10.1. The van der Waals surface area contributed by atoms with Crippen molar-refractivity contribution in [2.45, 2.75) is 6.61 Å². The number of nitrogens with one attached hydrogen (secondary N) is 1. The first-order chi connectivity index (χ1) is 10.5. The number of aromatic nitrogens is 1. The minimum absolute atomic E-state index is 0.0433. The Hall–Kier alpha value is -2.31. The van der Waals surface area contributed by atoms with Gasteiger partial charge < -0.3 is 9.84 Å². The van der Waals surface area contributed by atoms with Crippen molar-refractivity contribution < 1.29 is 19.4 Å². The van der Waals surface area contributed by atoms with Gasteiger partial charge >= 0.3 is 12.1 Å². The van der Waals surface area contributed by atoms with Gasteiger partial charge in [-0.15, -0.1) is 0 Å². The highest BCUT2D eigenvalue weighted by Gasteiger charge is 2.19. The molecular formula is C14H10Cl2N2O4. The molecule has 0 atom stereocenters. The summed E-state index contributed by atoms with van der Waals surface area (Å²) in [5.74, 6) is -1.34. The van der Waals surface area contributed by atoms with Crippen molar-refractivity contribution in [3.05, 3.63) is 57.8 Å². The Morgan fingerprint density at radius 3 is 2.55 bits per heavy atom. The lowest BCUT2D eigenvalue weighted by molar-refractivity contribution is 0.0698. The zero-order chi connectivity index (χ0) is 16.1. The van der Waals surface area contributed by atoms with E-state index in [-0.39, 0.29) is 28.2 Å². The molecular weight excluding hydrogens is 331 g/mol. The second-order valence-electron chi connectivity index (χ2n) is 4.15. The number of carboxylic acid groups (broad SMARTS) is 1. The summed E-state index contributed by atoms with van der Waals surface area (Å²) in [6.07, 6.45) is -0.829. The van der Waals surface area contributed by atoms with Gasteiger partial charge in [-0.2, -0.15) is 0 Å². The molecule has 22 heavy (non-hydrogen) atoms. The molecule has 0 saturated carbocycles. The number of pyridine rings is 1. The molecule has 0 bridgehead atoms. The molecule has 2 rings (SSSR count). The van der Waals surface area contributed by atoms with E-state index in [9.17, 15) is 9.59 Å². The third-order valence-corrected chi connectivity index (χ3v) is 3.07. The Morgan fingerprint density at radius 1 is 1.23 bits per heavy atom. The van der Waals surface area contributed by atoms with Crippen molar-refractivity contribution in [2.75, 3.05) is 5.32 Å². The Kier molecular flexibility index (Phi) is 5.19. The molecule has 0 unspecified atom stereocenters. The number of aromatic carboxylic acids is 1. The summed E-state index contributed by atoms with van der Waals surface area (Å²) in [7, 11) is 0. The van der Waals surface area contributed by atoms with Crippen molar-refractivity contribution in [2.24, 2.45) is 0 Å². The lowest BCUT2D eigenvalue weighted by Crippen LogP contribution is -2.16. The fraction of sp³-hybridized carbons (Fsp3) is 0.0714. The highest BCUT2D eigenvalue weighted by Crippen LogP contribution is 2.26. The lowest BCUT2D eigenvalue weighted by atomic mass is 10.2.